The largest absolute Gasteiger partial charge is 0.240 e. The van der Waals surface area contributed by atoms with Gasteiger partial charge in [-0.3, -0.25) is 0 Å². The number of hydrogen-bond acceptors (Lipinski definition) is 2. The van der Waals surface area contributed by atoms with Gasteiger partial charge in [-0.05, 0) is 73.1 Å². The standard InChI is InChI=1S/C22H22N2/c1-2-4-18-17(3-1)5-6-20-19(18)13-23-21(24-20)22-10-14-7-15(11-22)9-16(8-14)12-22/h1-6,13-16H,7-12H2. The van der Waals surface area contributed by atoms with Crippen molar-refractivity contribution in [3.05, 3.63) is 48.4 Å². The van der Waals surface area contributed by atoms with E-state index in [0.717, 1.165) is 29.1 Å². The summed E-state index contributed by atoms with van der Waals surface area (Å²) in [6, 6.07) is 12.9. The fraction of sp³-hybridized carbons (Fsp3) is 0.455. The zero-order valence-corrected chi connectivity index (χ0v) is 13.9. The van der Waals surface area contributed by atoms with E-state index in [1.165, 1.54) is 54.7 Å². The molecule has 0 unspecified atom stereocenters. The minimum Gasteiger partial charge on any atom is -0.240 e. The Morgan fingerprint density at radius 2 is 1.50 bits per heavy atom. The molecule has 2 aromatic carbocycles. The molecule has 4 aliphatic carbocycles. The molecular weight excluding hydrogens is 292 g/mol. The van der Waals surface area contributed by atoms with Crippen LogP contribution in [0, 0.1) is 17.8 Å². The van der Waals surface area contributed by atoms with E-state index in [1.54, 1.807) is 0 Å². The van der Waals surface area contributed by atoms with Crippen molar-refractivity contribution in [3.63, 3.8) is 0 Å². The molecule has 4 bridgehead atoms. The summed E-state index contributed by atoms with van der Waals surface area (Å²) in [4.78, 5) is 10.0. The molecule has 1 aromatic heterocycles. The number of benzene rings is 2. The second kappa shape index (κ2) is 4.56. The minimum absolute atomic E-state index is 0.286. The topological polar surface area (TPSA) is 25.8 Å². The van der Waals surface area contributed by atoms with Crippen LogP contribution in [0.4, 0.5) is 0 Å². The van der Waals surface area contributed by atoms with E-state index in [9.17, 15) is 0 Å². The van der Waals surface area contributed by atoms with Gasteiger partial charge in [-0.1, -0.05) is 30.3 Å². The maximum Gasteiger partial charge on any atom is 0.135 e. The molecule has 24 heavy (non-hydrogen) atoms. The summed E-state index contributed by atoms with van der Waals surface area (Å²) < 4.78 is 0. The molecule has 4 fully saturated rings. The number of hydrogen-bond donors (Lipinski definition) is 0. The van der Waals surface area contributed by atoms with Gasteiger partial charge < -0.3 is 0 Å². The monoisotopic (exact) mass is 314 g/mol. The lowest BCUT2D eigenvalue weighted by Gasteiger charge is -2.55. The molecule has 1 heterocycles. The highest BCUT2D eigenvalue weighted by Crippen LogP contribution is 2.60. The van der Waals surface area contributed by atoms with Gasteiger partial charge in [-0.15, -0.1) is 0 Å². The molecule has 0 radical (unpaired) electrons. The van der Waals surface area contributed by atoms with Crippen LogP contribution in [0.25, 0.3) is 21.7 Å². The van der Waals surface area contributed by atoms with E-state index in [0.29, 0.717) is 0 Å². The van der Waals surface area contributed by atoms with E-state index in [-0.39, 0.29) is 5.41 Å². The van der Waals surface area contributed by atoms with Gasteiger partial charge in [0.15, 0.2) is 0 Å². The Balaban J connectivity index is 1.52. The minimum atomic E-state index is 0.286. The van der Waals surface area contributed by atoms with E-state index in [2.05, 4.69) is 42.6 Å². The predicted octanol–water partition coefficient (Wildman–Crippen LogP) is 5.25. The van der Waals surface area contributed by atoms with Crippen molar-refractivity contribution in [1.29, 1.82) is 0 Å². The average Bonchev–Trinajstić information content (AvgIpc) is 2.60. The Morgan fingerprint density at radius 1 is 0.792 bits per heavy atom. The SMILES string of the molecule is c1ccc2c(c1)ccc1nc(C34CC5CC(CC(C5)C3)C4)ncc12. The molecule has 0 atom stereocenters. The molecule has 0 aliphatic heterocycles. The lowest BCUT2D eigenvalue weighted by Crippen LogP contribution is -2.49. The fourth-order valence-corrected chi connectivity index (χ4v) is 6.43. The summed E-state index contributed by atoms with van der Waals surface area (Å²) in [6.45, 7) is 0. The second-order valence-corrected chi connectivity index (χ2v) is 8.61. The van der Waals surface area contributed by atoms with E-state index in [4.69, 9.17) is 9.97 Å². The molecule has 2 nitrogen and oxygen atoms in total. The van der Waals surface area contributed by atoms with Crippen molar-refractivity contribution in [3.8, 4) is 0 Å². The van der Waals surface area contributed by atoms with Gasteiger partial charge in [-0.25, -0.2) is 9.97 Å². The van der Waals surface area contributed by atoms with Crippen molar-refractivity contribution in [1.82, 2.24) is 9.97 Å². The lowest BCUT2D eigenvalue weighted by molar-refractivity contribution is -0.00923. The first-order chi connectivity index (χ1) is 11.8. The van der Waals surface area contributed by atoms with E-state index < -0.39 is 0 Å². The predicted molar refractivity (Wildman–Crippen MR) is 96.9 cm³/mol. The summed E-state index contributed by atoms with van der Waals surface area (Å²) in [6.07, 6.45) is 10.5. The van der Waals surface area contributed by atoms with Gasteiger partial charge in [0.05, 0.1) is 5.52 Å². The van der Waals surface area contributed by atoms with Gasteiger partial charge in [0.2, 0.25) is 0 Å². The maximum absolute atomic E-state index is 5.10. The molecule has 120 valence electrons. The number of fused-ring (bicyclic) bond motifs is 3. The van der Waals surface area contributed by atoms with Gasteiger partial charge >= 0.3 is 0 Å². The average molecular weight is 314 g/mol. The fourth-order valence-electron chi connectivity index (χ4n) is 6.43. The van der Waals surface area contributed by atoms with Crippen molar-refractivity contribution >= 4 is 21.7 Å². The van der Waals surface area contributed by atoms with Gasteiger partial charge in [0, 0.05) is 17.0 Å². The Kier molecular flexibility index (Phi) is 2.54. The van der Waals surface area contributed by atoms with Crippen molar-refractivity contribution in [2.75, 3.05) is 0 Å². The first-order valence-electron chi connectivity index (χ1n) is 9.44. The van der Waals surface area contributed by atoms with Gasteiger partial charge in [-0.2, -0.15) is 0 Å². The zero-order valence-electron chi connectivity index (χ0n) is 13.9. The van der Waals surface area contributed by atoms with Crippen LogP contribution in [-0.4, -0.2) is 9.97 Å². The quantitative estimate of drug-likeness (QED) is 0.573. The summed E-state index contributed by atoms with van der Waals surface area (Å²) in [5.41, 5.74) is 1.41. The molecule has 3 aromatic rings. The maximum atomic E-state index is 5.10. The van der Waals surface area contributed by atoms with E-state index in [1.807, 2.05) is 0 Å². The van der Waals surface area contributed by atoms with Crippen LogP contribution in [0.15, 0.2) is 42.6 Å². The molecular formula is C22H22N2. The highest BCUT2D eigenvalue weighted by molar-refractivity contribution is 6.05. The third-order valence-corrected chi connectivity index (χ3v) is 7.00. The van der Waals surface area contributed by atoms with Crippen LogP contribution in [-0.2, 0) is 5.41 Å². The summed E-state index contributed by atoms with van der Waals surface area (Å²) in [5, 5.41) is 3.74. The van der Waals surface area contributed by atoms with E-state index >= 15 is 0 Å². The first-order valence-corrected chi connectivity index (χ1v) is 9.44. The van der Waals surface area contributed by atoms with Gasteiger partial charge in [0.25, 0.3) is 0 Å². The van der Waals surface area contributed by atoms with Crippen LogP contribution in [0.5, 0.6) is 0 Å². The Bertz CT molecular complexity index is 923. The highest BCUT2D eigenvalue weighted by atomic mass is 14.9. The number of nitrogens with zero attached hydrogens (tertiary/aromatic N) is 2. The molecule has 4 aliphatic rings. The molecule has 0 spiro atoms. The third kappa shape index (κ3) is 1.77. The van der Waals surface area contributed by atoms with Crippen LogP contribution in [0.2, 0.25) is 0 Å². The number of rotatable bonds is 1. The summed E-state index contributed by atoms with van der Waals surface area (Å²) >= 11 is 0. The molecule has 2 heteroatoms. The molecule has 4 saturated carbocycles. The Hall–Kier alpha value is -1.96. The van der Waals surface area contributed by atoms with Gasteiger partial charge in [0.1, 0.15) is 5.82 Å². The second-order valence-electron chi connectivity index (χ2n) is 8.61. The van der Waals surface area contributed by atoms with Crippen LogP contribution >= 0.6 is 0 Å². The van der Waals surface area contributed by atoms with Crippen LogP contribution in [0.3, 0.4) is 0 Å². The summed E-state index contributed by atoms with van der Waals surface area (Å²) in [5.74, 6) is 3.95. The Labute approximate surface area is 142 Å². The summed E-state index contributed by atoms with van der Waals surface area (Å²) in [7, 11) is 0. The normalized spacial score (nSPS) is 34.2. The van der Waals surface area contributed by atoms with Crippen molar-refractivity contribution in [2.45, 2.75) is 43.9 Å². The zero-order chi connectivity index (χ0) is 15.7. The third-order valence-electron chi connectivity index (χ3n) is 7.00. The molecule has 0 amide bonds. The highest BCUT2D eigenvalue weighted by Gasteiger charge is 2.53. The van der Waals surface area contributed by atoms with Crippen molar-refractivity contribution in [2.24, 2.45) is 17.8 Å². The molecule has 7 rings (SSSR count). The van der Waals surface area contributed by atoms with Crippen LogP contribution < -0.4 is 0 Å². The number of aromatic nitrogens is 2. The molecule has 0 N–H and O–H groups in total. The molecule has 0 saturated heterocycles. The first kappa shape index (κ1) is 13.3. The smallest absolute Gasteiger partial charge is 0.135 e. The van der Waals surface area contributed by atoms with Crippen molar-refractivity contribution < 1.29 is 0 Å². The lowest BCUT2D eigenvalue weighted by atomic mass is 9.49. The Morgan fingerprint density at radius 3 is 2.25 bits per heavy atom. The van der Waals surface area contributed by atoms with Crippen LogP contribution in [0.1, 0.15) is 44.3 Å².